The number of likely N-dealkylation sites (N-methyl/N-ethyl adjacent to an activating group) is 1. The third-order valence-electron chi connectivity index (χ3n) is 5.13. The number of hydrogen-bond acceptors (Lipinski definition) is 5. The molecule has 1 atom stereocenters. The van der Waals surface area contributed by atoms with Gasteiger partial charge in [-0.05, 0) is 26.8 Å². The molecule has 0 aliphatic carbocycles. The maximum atomic E-state index is 12.7. The van der Waals surface area contributed by atoms with Crippen LogP contribution in [0, 0.1) is 6.92 Å². The Bertz CT molecular complexity index is 549. The molecule has 0 N–H and O–H groups in total. The first-order valence-electron chi connectivity index (χ1n) is 8.79. The Morgan fingerprint density at radius 2 is 1.83 bits per heavy atom. The van der Waals surface area contributed by atoms with Crippen molar-refractivity contribution in [3.63, 3.8) is 0 Å². The van der Waals surface area contributed by atoms with Crippen molar-refractivity contribution < 1.29 is 4.79 Å². The highest BCUT2D eigenvalue weighted by molar-refractivity contribution is 5.93. The monoisotopic (exact) mass is 320 g/mol. The summed E-state index contributed by atoms with van der Waals surface area (Å²) in [5.41, 5.74) is 1.25. The van der Waals surface area contributed by atoms with Gasteiger partial charge in [0.05, 0.1) is 12.2 Å². The minimum atomic E-state index is 0.0388. The first-order chi connectivity index (χ1) is 11.1. The summed E-state index contributed by atoms with van der Waals surface area (Å²) >= 11 is 0. The van der Waals surface area contributed by atoms with Gasteiger partial charge in [-0.1, -0.05) is 6.92 Å². The van der Waals surface area contributed by atoms with E-state index in [0.717, 1.165) is 57.9 Å². The Morgan fingerprint density at radius 3 is 2.43 bits per heavy atom. The molecular formula is C16H28N6O. The van der Waals surface area contributed by atoms with Crippen LogP contribution in [0.2, 0.25) is 0 Å². The highest BCUT2D eigenvalue weighted by Gasteiger charge is 2.33. The van der Waals surface area contributed by atoms with Crippen molar-refractivity contribution in [2.24, 2.45) is 0 Å². The van der Waals surface area contributed by atoms with E-state index >= 15 is 0 Å². The van der Waals surface area contributed by atoms with Gasteiger partial charge in [0, 0.05) is 45.3 Å². The molecule has 7 nitrogen and oxygen atoms in total. The number of aromatic nitrogens is 3. The van der Waals surface area contributed by atoms with Gasteiger partial charge in [-0.3, -0.25) is 9.69 Å². The number of carbonyl (C=O) groups excluding carboxylic acids is 1. The number of likely N-dealkylation sites (tertiary alicyclic amines) is 1. The molecule has 1 aromatic heterocycles. The molecule has 2 aliphatic heterocycles. The fraction of sp³-hybridized carbons (Fsp3) is 0.812. The third kappa shape index (κ3) is 3.40. The number of piperazine rings is 1. The lowest BCUT2D eigenvalue weighted by Gasteiger charge is -2.37. The Hall–Kier alpha value is -1.47. The summed E-state index contributed by atoms with van der Waals surface area (Å²) in [6.45, 7) is 14.1. The highest BCUT2D eigenvalue weighted by atomic mass is 16.2. The standard InChI is InChI=1S/C16H28N6O/c1-4-19-8-10-20(11-9-19)14-6-7-21(12-14)16(23)15-13(3)17-22(5-2)18-15/h14H,4-12H2,1-3H3. The van der Waals surface area contributed by atoms with E-state index in [1.807, 2.05) is 18.7 Å². The predicted molar refractivity (Wildman–Crippen MR) is 88.4 cm³/mol. The molecule has 0 bridgehead atoms. The number of rotatable bonds is 4. The van der Waals surface area contributed by atoms with E-state index in [1.165, 1.54) is 0 Å². The van der Waals surface area contributed by atoms with Gasteiger partial charge in [-0.2, -0.15) is 9.90 Å². The van der Waals surface area contributed by atoms with Crippen LogP contribution in [0.15, 0.2) is 0 Å². The van der Waals surface area contributed by atoms with Crippen LogP contribution < -0.4 is 0 Å². The second-order valence-electron chi connectivity index (χ2n) is 6.49. The zero-order chi connectivity index (χ0) is 16.4. The lowest BCUT2D eigenvalue weighted by molar-refractivity contribution is 0.0738. The largest absolute Gasteiger partial charge is 0.336 e. The molecule has 7 heteroatoms. The fourth-order valence-electron chi connectivity index (χ4n) is 3.59. The average molecular weight is 320 g/mol. The van der Waals surface area contributed by atoms with Crippen LogP contribution in [0.3, 0.4) is 0 Å². The van der Waals surface area contributed by atoms with Gasteiger partial charge < -0.3 is 9.80 Å². The quantitative estimate of drug-likeness (QED) is 0.807. The number of aryl methyl sites for hydroxylation is 2. The molecule has 0 spiro atoms. The number of carbonyl (C=O) groups is 1. The molecule has 0 radical (unpaired) electrons. The van der Waals surface area contributed by atoms with E-state index < -0.39 is 0 Å². The lowest BCUT2D eigenvalue weighted by Crippen LogP contribution is -2.51. The number of amides is 1. The first-order valence-corrected chi connectivity index (χ1v) is 8.79. The molecule has 128 valence electrons. The molecule has 1 amide bonds. The van der Waals surface area contributed by atoms with Crippen LogP contribution in [0.5, 0.6) is 0 Å². The Morgan fingerprint density at radius 1 is 1.09 bits per heavy atom. The minimum Gasteiger partial charge on any atom is -0.336 e. The molecule has 2 saturated heterocycles. The molecule has 2 aliphatic rings. The summed E-state index contributed by atoms with van der Waals surface area (Å²) in [6.07, 6.45) is 1.07. The fourth-order valence-corrected chi connectivity index (χ4v) is 3.59. The SMILES string of the molecule is CCN1CCN(C2CCN(C(=O)c3nn(CC)nc3C)C2)CC1. The molecule has 2 fully saturated rings. The molecule has 23 heavy (non-hydrogen) atoms. The molecule has 0 aromatic carbocycles. The van der Waals surface area contributed by atoms with E-state index in [0.29, 0.717) is 18.3 Å². The van der Waals surface area contributed by atoms with Crippen LogP contribution in [-0.2, 0) is 6.54 Å². The highest BCUT2D eigenvalue weighted by Crippen LogP contribution is 2.19. The Kier molecular flexibility index (Phi) is 4.96. The number of hydrogen-bond donors (Lipinski definition) is 0. The van der Waals surface area contributed by atoms with Crippen molar-refractivity contribution in [3.05, 3.63) is 11.4 Å². The van der Waals surface area contributed by atoms with Crippen molar-refractivity contribution in [1.82, 2.24) is 29.7 Å². The normalized spacial score (nSPS) is 23.6. The Labute approximate surface area is 138 Å². The van der Waals surface area contributed by atoms with E-state index in [9.17, 15) is 4.79 Å². The van der Waals surface area contributed by atoms with Crippen LogP contribution in [0.4, 0.5) is 0 Å². The predicted octanol–water partition coefficient (Wildman–Crippen LogP) is 0.458. The topological polar surface area (TPSA) is 57.5 Å². The summed E-state index contributed by atoms with van der Waals surface area (Å²) in [6, 6.07) is 0.500. The van der Waals surface area contributed by atoms with Crippen LogP contribution in [-0.4, -0.2) is 87.5 Å². The maximum absolute atomic E-state index is 12.7. The van der Waals surface area contributed by atoms with Crippen molar-refractivity contribution in [2.45, 2.75) is 39.8 Å². The van der Waals surface area contributed by atoms with Gasteiger partial charge in [0.25, 0.3) is 5.91 Å². The second-order valence-corrected chi connectivity index (χ2v) is 6.49. The van der Waals surface area contributed by atoms with Crippen LogP contribution >= 0.6 is 0 Å². The van der Waals surface area contributed by atoms with Crippen molar-refractivity contribution in [2.75, 3.05) is 45.8 Å². The van der Waals surface area contributed by atoms with E-state index in [4.69, 9.17) is 0 Å². The molecule has 1 unspecified atom stereocenters. The van der Waals surface area contributed by atoms with Gasteiger partial charge >= 0.3 is 0 Å². The van der Waals surface area contributed by atoms with E-state index in [-0.39, 0.29) is 5.91 Å². The minimum absolute atomic E-state index is 0.0388. The number of nitrogens with zero attached hydrogens (tertiary/aromatic N) is 6. The van der Waals surface area contributed by atoms with E-state index in [1.54, 1.807) is 4.80 Å². The second kappa shape index (κ2) is 6.97. The summed E-state index contributed by atoms with van der Waals surface area (Å²) in [7, 11) is 0. The molecular weight excluding hydrogens is 292 g/mol. The Balaban J connectivity index is 1.59. The van der Waals surface area contributed by atoms with E-state index in [2.05, 4.69) is 26.9 Å². The lowest BCUT2D eigenvalue weighted by atomic mass is 10.2. The summed E-state index contributed by atoms with van der Waals surface area (Å²) in [5, 5.41) is 8.62. The zero-order valence-corrected chi connectivity index (χ0v) is 14.5. The first kappa shape index (κ1) is 16.4. The molecule has 1 aromatic rings. The zero-order valence-electron chi connectivity index (χ0n) is 14.5. The van der Waals surface area contributed by atoms with Crippen LogP contribution in [0.1, 0.15) is 36.5 Å². The smallest absolute Gasteiger partial charge is 0.276 e. The molecule has 3 rings (SSSR count). The summed E-state index contributed by atoms with van der Waals surface area (Å²) in [4.78, 5) is 21.3. The van der Waals surface area contributed by atoms with Gasteiger partial charge in [0.2, 0.25) is 0 Å². The summed E-state index contributed by atoms with van der Waals surface area (Å²) < 4.78 is 0. The van der Waals surface area contributed by atoms with Gasteiger partial charge in [-0.15, -0.1) is 5.10 Å². The van der Waals surface area contributed by atoms with Gasteiger partial charge in [0.15, 0.2) is 5.69 Å². The van der Waals surface area contributed by atoms with Crippen molar-refractivity contribution in [1.29, 1.82) is 0 Å². The maximum Gasteiger partial charge on any atom is 0.276 e. The van der Waals surface area contributed by atoms with Gasteiger partial charge in [0.1, 0.15) is 0 Å². The van der Waals surface area contributed by atoms with Crippen LogP contribution in [0.25, 0.3) is 0 Å². The molecule has 3 heterocycles. The van der Waals surface area contributed by atoms with Gasteiger partial charge in [-0.25, -0.2) is 0 Å². The third-order valence-corrected chi connectivity index (χ3v) is 5.13. The average Bonchev–Trinajstić information content (AvgIpc) is 3.21. The molecule has 0 saturated carbocycles. The summed E-state index contributed by atoms with van der Waals surface area (Å²) in [5.74, 6) is 0.0388. The van der Waals surface area contributed by atoms with Crippen molar-refractivity contribution in [3.8, 4) is 0 Å². The van der Waals surface area contributed by atoms with Crippen molar-refractivity contribution >= 4 is 5.91 Å².